The Morgan fingerprint density at radius 1 is 1.03 bits per heavy atom. The van der Waals surface area contributed by atoms with Crippen molar-refractivity contribution < 1.29 is 9.84 Å². The highest BCUT2D eigenvalue weighted by Crippen LogP contribution is 2.43. The number of aliphatic hydroxyl groups excluding tert-OH is 1. The lowest BCUT2D eigenvalue weighted by molar-refractivity contribution is 0.181. The molecule has 9 nitrogen and oxygen atoms in total. The maximum Gasteiger partial charge on any atom is 0.231 e. The van der Waals surface area contributed by atoms with Crippen LogP contribution in [0.1, 0.15) is 48.8 Å². The van der Waals surface area contributed by atoms with Crippen LogP contribution in [0, 0.1) is 0 Å². The summed E-state index contributed by atoms with van der Waals surface area (Å²) in [7, 11) is 0. The number of H-pyrrole nitrogens is 1. The molecule has 3 N–H and O–H groups in total. The van der Waals surface area contributed by atoms with E-state index in [4.69, 9.17) is 19.8 Å². The zero-order chi connectivity index (χ0) is 26.2. The van der Waals surface area contributed by atoms with E-state index < -0.39 is 0 Å². The fourth-order valence-corrected chi connectivity index (χ4v) is 5.70. The highest BCUT2D eigenvalue weighted by molar-refractivity contribution is 5.90. The molecule has 7 rings (SSSR count). The second-order valence-corrected chi connectivity index (χ2v) is 10.7. The molecule has 4 heterocycles. The number of aromatic nitrogens is 3. The number of rotatable bonds is 9. The number of likely N-dealkylation sites (tertiary alicyclic amines) is 1. The normalized spacial score (nSPS) is 21.2. The number of β-amino-alcohol motifs (C(OH)–C–C–N with tert-alkyl or cyclic N) is 1. The van der Waals surface area contributed by atoms with Crippen molar-refractivity contribution in [2.75, 3.05) is 36.6 Å². The zero-order valence-electron chi connectivity index (χ0n) is 21.8. The van der Waals surface area contributed by atoms with Gasteiger partial charge in [-0.25, -0.2) is 5.01 Å². The third kappa shape index (κ3) is 5.07. The summed E-state index contributed by atoms with van der Waals surface area (Å²) in [5.74, 6) is 2.74. The summed E-state index contributed by atoms with van der Waals surface area (Å²) in [4.78, 5) is 15.3. The van der Waals surface area contributed by atoms with Gasteiger partial charge < -0.3 is 20.1 Å². The van der Waals surface area contributed by atoms with E-state index in [-0.39, 0.29) is 18.8 Å². The molecular weight excluding hydrogens is 490 g/mol. The minimum atomic E-state index is 0.0852. The van der Waals surface area contributed by atoms with Crippen molar-refractivity contribution in [1.82, 2.24) is 19.9 Å². The van der Waals surface area contributed by atoms with Gasteiger partial charge in [-0.1, -0.05) is 30.3 Å². The van der Waals surface area contributed by atoms with E-state index in [2.05, 4.69) is 51.6 Å². The van der Waals surface area contributed by atoms with Crippen LogP contribution in [0.15, 0.2) is 65.9 Å². The molecule has 3 aliphatic rings. The topological polar surface area (TPSA) is 102 Å². The van der Waals surface area contributed by atoms with Gasteiger partial charge in [-0.05, 0) is 54.5 Å². The van der Waals surface area contributed by atoms with Crippen molar-refractivity contribution >= 4 is 34.7 Å². The van der Waals surface area contributed by atoms with E-state index in [1.807, 2.05) is 35.6 Å². The minimum Gasteiger partial charge on any atom is -0.489 e. The number of aliphatic hydroxyl groups is 1. The third-order valence-corrected chi connectivity index (χ3v) is 7.81. The number of ether oxygens (including phenoxy) is 1. The third-order valence-electron chi connectivity index (χ3n) is 7.81. The van der Waals surface area contributed by atoms with Crippen molar-refractivity contribution in [3.05, 3.63) is 71.9 Å². The zero-order valence-corrected chi connectivity index (χ0v) is 21.8. The van der Waals surface area contributed by atoms with Crippen LogP contribution in [0.4, 0.5) is 17.5 Å². The number of anilines is 3. The Balaban J connectivity index is 1.18. The summed E-state index contributed by atoms with van der Waals surface area (Å²) >= 11 is 0. The SMILES string of the molecule is OCCN1CC[C@@H](Oc2cc(Nc3nc(N4N=CCC4c4ccccc4)c4cc[nH]c4n3)cc(C3CC3)c2)C1. The fraction of sp³-hybridized carbons (Fsp3) is 0.367. The number of nitrogens with zero attached hydrogens (tertiary/aromatic N) is 5. The number of hydrazone groups is 1. The molecule has 4 aromatic rings. The number of aromatic amines is 1. The monoisotopic (exact) mass is 523 g/mol. The number of nitrogens with one attached hydrogen (secondary N) is 2. The fourth-order valence-electron chi connectivity index (χ4n) is 5.70. The molecule has 2 atom stereocenters. The molecule has 1 saturated carbocycles. The van der Waals surface area contributed by atoms with Crippen LogP contribution in [-0.4, -0.2) is 63.5 Å². The first-order chi connectivity index (χ1) is 19.2. The first kappa shape index (κ1) is 24.1. The molecule has 200 valence electrons. The van der Waals surface area contributed by atoms with Crippen LogP contribution in [0.5, 0.6) is 5.75 Å². The van der Waals surface area contributed by atoms with Gasteiger partial charge in [0.2, 0.25) is 5.95 Å². The Hall–Kier alpha value is -3.95. The van der Waals surface area contributed by atoms with E-state index >= 15 is 0 Å². The Labute approximate surface area is 227 Å². The molecule has 9 heteroatoms. The minimum absolute atomic E-state index is 0.0852. The maximum atomic E-state index is 9.28. The van der Waals surface area contributed by atoms with Crippen molar-refractivity contribution in [1.29, 1.82) is 0 Å². The quantitative estimate of drug-likeness (QED) is 0.285. The predicted octanol–water partition coefficient (Wildman–Crippen LogP) is 4.96. The summed E-state index contributed by atoms with van der Waals surface area (Å²) in [6, 6.07) is 18.9. The number of hydrogen-bond donors (Lipinski definition) is 3. The summed E-state index contributed by atoms with van der Waals surface area (Å²) in [5.41, 5.74) is 4.17. The van der Waals surface area contributed by atoms with E-state index in [0.717, 1.165) is 54.2 Å². The number of benzene rings is 2. The Morgan fingerprint density at radius 2 is 1.92 bits per heavy atom. The van der Waals surface area contributed by atoms with Gasteiger partial charge >= 0.3 is 0 Å². The van der Waals surface area contributed by atoms with Gasteiger partial charge in [-0.3, -0.25) is 4.90 Å². The van der Waals surface area contributed by atoms with Crippen LogP contribution in [0.3, 0.4) is 0 Å². The average Bonchev–Trinajstić information content (AvgIpc) is 3.29. The second-order valence-electron chi connectivity index (χ2n) is 10.7. The largest absolute Gasteiger partial charge is 0.489 e. The molecular formula is C30H33N7O2. The molecule has 0 amide bonds. The predicted molar refractivity (Wildman–Crippen MR) is 153 cm³/mol. The van der Waals surface area contributed by atoms with Crippen molar-refractivity contribution in [3.63, 3.8) is 0 Å². The summed E-state index contributed by atoms with van der Waals surface area (Å²) in [6.45, 7) is 2.67. The van der Waals surface area contributed by atoms with Crippen molar-refractivity contribution in [2.45, 2.75) is 43.7 Å². The standard InChI is InChI=1S/C30H33N7O2/c38-15-14-36-13-10-24(19-36)39-25-17-22(20-6-7-20)16-23(18-25)33-30-34-28-26(8-11-31-28)29(35-30)37-27(9-12-32-37)21-4-2-1-3-5-21/h1-5,8,11-12,16-18,20,24,27,38H,6-7,9-10,13-15,19H2,(H2,31,33,34,35)/t24-,27?/m1/s1. The number of fused-ring (bicyclic) bond motifs is 1. The molecule has 1 unspecified atom stereocenters. The van der Waals surface area contributed by atoms with Crippen LogP contribution in [0.2, 0.25) is 0 Å². The molecule has 1 aliphatic carbocycles. The lowest BCUT2D eigenvalue weighted by Gasteiger charge is -2.24. The van der Waals surface area contributed by atoms with Gasteiger partial charge in [0.15, 0.2) is 5.82 Å². The Bertz CT molecular complexity index is 1480. The van der Waals surface area contributed by atoms with Crippen molar-refractivity contribution in [3.8, 4) is 5.75 Å². The Kier molecular flexibility index (Phi) is 6.38. The molecule has 0 radical (unpaired) electrons. The van der Waals surface area contributed by atoms with Gasteiger partial charge in [-0.15, -0.1) is 0 Å². The molecule has 2 aromatic carbocycles. The first-order valence-corrected chi connectivity index (χ1v) is 13.9. The van der Waals surface area contributed by atoms with Crippen LogP contribution < -0.4 is 15.1 Å². The van der Waals surface area contributed by atoms with Gasteiger partial charge in [0, 0.05) is 50.2 Å². The van der Waals surface area contributed by atoms with Crippen LogP contribution >= 0.6 is 0 Å². The van der Waals surface area contributed by atoms with E-state index in [0.29, 0.717) is 18.4 Å². The van der Waals surface area contributed by atoms with E-state index in [9.17, 15) is 5.11 Å². The molecule has 2 fully saturated rings. The molecule has 0 bridgehead atoms. The van der Waals surface area contributed by atoms with Gasteiger partial charge in [0.25, 0.3) is 0 Å². The second kappa shape index (κ2) is 10.3. The summed E-state index contributed by atoms with van der Waals surface area (Å²) < 4.78 is 6.44. The maximum absolute atomic E-state index is 9.28. The van der Waals surface area contributed by atoms with Crippen molar-refractivity contribution in [2.24, 2.45) is 5.10 Å². The highest BCUT2D eigenvalue weighted by Gasteiger charge is 2.29. The molecule has 0 spiro atoms. The summed E-state index contributed by atoms with van der Waals surface area (Å²) in [6.07, 6.45) is 8.18. The van der Waals surface area contributed by atoms with Crippen LogP contribution in [-0.2, 0) is 0 Å². The lowest BCUT2D eigenvalue weighted by atomic mass is 10.0. The van der Waals surface area contributed by atoms with Gasteiger partial charge in [0.05, 0.1) is 18.0 Å². The van der Waals surface area contributed by atoms with E-state index in [1.54, 1.807) is 0 Å². The molecule has 2 aromatic heterocycles. The first-order valence-electron chi connectivity index (χ1n) is 13.9. The number of hydrogen-bond acceptors (Lipinski definition) is 8. The molecule has 39 heavy (non-hydrogen) atoms. The Morgan fingerprint density at radius 3 is 2.77 bits per heavy atom. The molecule has 1 saturated heterocycles. The highest BCUT2D eigenvalue weighted by atomic mass is 16.5. The lowest BCUT2D eigenvalue weighted by Crippen LogP contribution is -2.27. The van der Waals surface area contributed by atoms with Gasteiger partial charge in [0.1, 0.15) is 17.5 Å². The summed E-state index contributed by atoms with van der Waals surface area (Å²) in [5, 5.41) is 20.4. The smallest absolute Gasteiger partial charge is 0.231 e. The average molecular weight is 524 g/mol. The van der Waals surface area contributed by atoms with E-state index in [1.165, 1.54) is 24.0 Å². The van der Waals surface area contributed by atoms with Crippen LogP contribution in [0.25, 0.3) is 11.0 Å². The van der Waals surface area contributed by atoms with Gasteiger partial charge in [-0.2, -0.15) is 15.1 Å². The molecule has 2 aliphatic heterocycles.